The Morgan fingerprint density at radius 2 is 0.500 bits per heavy atom. The number of aryl methyl sites for hydroxylation is 24. The number of carbonyl (C=O) groups is 1. The highest BCUT2D eigenvalue weighted by Gasteiger charge is 2.53. The van der Waals surface area contributed by atoms with Gasteiger partial charge in [-0.15, -0.1) is 0 Å². The lowest BCUT2D eigenvalue weighted by molar-refractivity contribution is -0.173. The summed E-state index contributed by atoms with van der Waals surface area (Å²) in [5.74, 6) is 1.90. The van der Waals surface area contributed by atoms with Gasteiger partial charge in [-0.25, -0.2) is 8.42 Å². The maximum atomic E-state index is 13.9. The summed E-state index contributed by atoms with van der Waals surface area (Å²) in [6.07, 6.45) is -4.36. The van der Waals surface area contributed by atoms with Gasteiger partial charge in [-0.05, 0) is 390 Å². The average molecular weight is 1390 g/mol. The quantitative estimate of drug-likeness (QED) is 0.135. The molecule has 4 nitrogen and oxygen atoms in total. The van der Waals surface area contributed by atoms with Gasteiger partial charge >= 0.3 is 6.18 Å². The van der Waals surface area contributed by atoms with E-state index in [9.17, 15) is 26.4 Å². The lowest BCUT2D eigenvalue weighted by atomic mass is 9.74. The number of rotatable bonds is 9. The van der Waals surface area contributed by atoms with Crippen molar-refractivity contribution in [2.24, 2.45) is 0 Å². The van der Waals surface area contributed by atoms with Gasteiger partial charge in [0, 0.05) is 11.1 Å². The van der Waals surface area contributed by atoms with E-state index in [2.05, 4.69) is 170 Å². The van der Waals surface area contributed by atoms with Crippen LogP contribution in [0.5, 0.6) is 11.5 Å². The molecule has 0 aliphatic carbocycles. The fourth-order valence-corrected chi connectivity index (χ4v) is 12.5. The van der Waals surface area contributed by atoms with Crippen molar-refractivity contribution in [3.63, 3.8) is 0 Å². The molecule has 0 fully saturated rings. The molecule has 534 valence electrons. The van der Waals surface area contributed by atoms with E-state index in [4.69, 9.17) is 4.74 Å². The molecule has 0 heterocycles. The normalized spacial score (nSPS) is 11.1. The molecule has 0 bridgehead atoms. The minimum atomic E-state index is -4.36. The van der Waals surface area contributed by atoms with Crippen molar-refractivity contribution in [3.05, 3.63) is 350 Å². The molecule has 11 rings (SSSR count). The van der Waals surface area contributed by atoms with Gasteiger partial charge in [0.2, 0.25) is 9.84 Å². The number of hydrogen-bond donors (Lipinski definition) is 0. The van der Waals surface area contributed by atoms with E-state index in [1.807, 2.05) is 130 Å². The molecule has 0 aromatic heterocycles. The van der Waals surface area contributed by atoms with Crippen molar-refractivity contribution in [2.75, 3.05) is 0 Å². The number of ketones is 1. The molecule has 0 aliphatic heterocycles. The molecule has 0 atom stereocenters. The molecule has 0 saturated heterocycles. The van der Waals surface area contributed by atoms with E-state index in [0.29, 0.717) is 9.79 Å². The maximum Gasteiger partial charge on any atom is 0.402 e. The lowest BCUT2D eigenvalue weighted by Crippen LogP contribution is -2.40. The monoisotopic (exact) mass is 1390 g/mol. The molecular formula is C94H107F3O4S. The van der Waals surface area contributed by atoms with Gasteiger partial charge in [0.05, 0.1) is 9.79 Å². The Morgan fingerprint density at radius 3 is 0.765 bits per heavy atom. The van der Waals surface area contributed by atoms with E-state index in [1.165, 1.54) is 95.9 Å². The van der Waals surface area contributed by atoms with Gasteiger partial charge in [-0.2, -0.15) is 13.2 Å². The first-order valence-electron chi connectivity index (χ1n) is 35.0. The Labute approximate surface area is 610 Å². The van der Waals surface area contributed by atoms with Crippen molar-refractivity contribution in [3.8, 4) is 22.6 Å². The van der Waals surface area contributed by atoms with Crippen molar-refractivity contribution in [1.29, 1.82) is 0 Å². The van der Waals surface area contributed by atoms with Crippen LogP contribution in [-0.4, -0.2) is 20.4 Å². The molecule has 0 saturated carbocycles. The van der Waals surface area contributed by atoms with Gasteiger partial charge < -0.3 is 4.74 Å². The first kappa shape index (κ1) is 81.6. The Kier molecular flexibility index (Phi) is 28.0. The maximum absolute atomic E-state index is 13.9. The Hall–Kier alpha value is -9.37. The highest BCUT2D eigenvalue weighted by Crippen LogP contribution is 2.47. The summed E-state index contributed by atoms with van der Waals surface area (Å²) in [4.78, 5) is 13.1. The lowest BCUT2D eigenvalue weighted by Gasteiger charge is -2.34. The molecule has 11 aromatic carbocycles. The van der Waals surface area contributed by atoms with Gasteiger partial charge in [0.1, 0.15) is 16.9 Å². The number of sulfone groups is 1. The third kappa shape index (κ3) is 21.1. The summed E-state index contributed by atoms with van der Waals surface area (Å²) in [6.45, 7) is 50.4. The number of carbonyl (C=O) groups excluding carboxylic acids is 1. The highest BCUT2D eigenvalue weighted by atomic mass is 32.2. The first-order chi connectivity index (χ1) is 47.6. The van der Waals surface area contributed by atoms with Gasteiger partial charge in [-0.1, -0.05) is 133 Å². The van der Waals surface area contributed by atoms with Crippen LogP contribution in [-0.2, 0) is 15.3 Å². The number of benzene rings is 11. The van der Waals surface area contributed by atoms with Crippen LogP contribution in [0.3, 0.4) is 0 Å². The predicted molar refractivity (Wildman–Crippen MR) is 425 cm³/mol. The van der Waals surface area contributed by atoms with Gasteiger partial charge in [0.15, 0.2) is 5.78 Å². The predicted octanol–water partition coefficient (Wildman–Crippen LogP) is 25.9. The van der Waals surface area contributed by atoms with Crippen molar-refractivity contribution >= 4 is 15.6 Å². The average Bonchev–Trinajstić information content (AvgIpc) is 0.753. The third-order valence-electron chi connectivity index (χ3n) is 20.5. The Morgan fingerprint density at radius 1 is 0.265 bits per heavy atom. The fraction of sp³-hybridized carbons (Fsp3) is 0.287. The fourth-order valence-electron chi connectivity index (χ4n) is 11.1. The summed E-state index contributed by atoms with van der Waals surface area (Å²) < 4.78 is 72.8. The zero-order chi connectivity index (χ0) is 76.0. The minimum absolute atomic E-state index is 0.0983. The standard InChI is InChI=1S/C19H21F3.C17H18O.C16H18O2S.C16H18O.C16H18.C10H14/c1-12-6-8-16(10-14(12)3)18(5,19(20,21)22)17-9-7-13(2)15(4)11-17;1-11-5-7-15(9-13(11)3)17(18)16-8-6-12(2)14(4)10-16;1-11-5-7-15(9-13(11)3)19(17,18)16-8-6-12(2)14(4)10-16;1-11-5-7-15(9-13(11)3)17-16-8-6-12(2)14(4)10-16;1-11-5-7-15(9-13(11)3)16-8-6-12(2)14(4)10-16;1-7-5-9(3)10(4)6-8(7)2/h6-11H,1-5H3;5-10H,1-4H3;5-10H,1-4H3;5-10H,1-4H3;5-10H,1-4H3;5-6H,1-4H3. The topological polar surface area (TPSA) is 60.4 Å². The number of halogens is 3. The molecule has 8 heteroatoms. The number of ether oxygens (including phenoxy) is 1. The minimum Gasteiger partial charge on any atom is -0.457 e. The molecule has 0 aliphatic rings. The molecule has 0 unspecified atom stereocenters. The second-order valence-corrected chi connectivity index (χ2v) is 30.3. The highest BCUT2D eigenvalue weighted by molar-refractivity contribution is 7.91. The van der Waals surface area contributed by atoms with Gasteiger partial charge in [-0.3, -0.25) is 4.79 Å². The molecule has 102 heavy (non-hydrogen) atoms. The van der Waals surface area contributed by atoms with Crippen molar-refractivity contribution in [1.82, 2.24) is 0 Å². The molecule has 0 amide bonds. The van der Waals surface area contributed by atoms with Crippen LogP contribution in [0.15, 0.2) is 204 Å². The molecular weight excluding hydrogens is 1280 g/mol. The van der Waals surface area contributed by atoms with E-state index in [1.54, 1.807) is 60.7 Å². The Balaban J connectivity index is 0.000000195. The zero-order valence-electron chi connectivity index (χ0n) is 65.2. The number of alkyl halides is 3. The SMILES string of the molecule is Cc1cc(C)c(C)cc1C.Cc1ccc(-c2ccc(C)c(C)c2)cc1C.Cc1ccc(C(=O)c2ccc(C)c(C)c2)cc1C.Cc1ccc(C(C)(c2ccc(C)c(C)c2)C(F)(F)F)cc1C.Cc1ccc(Oc2ccc(C)c(C)c2)cc1C.Cc1ccc(S(=O)(=O)c2ccc(C)c(C)c2)cc1C. The largest absolute Gasteiger partial charge is 0.457 e. The van der Waals surface area contributed by atoms with Crippen LogP contribution in [0.2, 0.25) is 0 Å². The Bertz CT molecular complexity index is 4620. The second kappa shape index (κ2) is 35.0. The van der Waals surface area contributed by atoms with Crippen LogP contribution < -0.4 is 4.74 Å². The summed E-state index contributed by atoms with van der Waals surface area (Å²) in [6, 6.07) is 62.4. The van der Waals surface area contributed by atoms with E-state index >= 15 is 0 Å². The number of hydrogen-bond acceptors (Lipinski definition) is 4. The smallest absolute Gasteiger partial charge is 0.402 e. The molecule has 0 radical (unpaired) electrons. The van der Waals surface area contributed by atoms with Crippen LogP contribution in [0, 0.1) is 166 Å². The second-order valence-electron chi connectivity index (χ2n) is 28.4. The van der Waals surface area contributed by atoms with Crippen LogP contribution in [0.25, 0.3) is 11.1 Å². The zero-order valence-corrected chi connectivity index (χ0v) is 66.0. The van der Waals surface area contributed by atoms with Crippen LogP contribution in [0.1, 0.15) is 167 Å². The summed E-state index contributed by atoms with van der Waals surface area (Å²) in [5.41, 5.74) is 31.4. The molecule has 0 spiro atoms. The van der Waals surface area contributed by atoms with E-state index < -0.39 is 21.4 Å². The van der Waals surface area contributed by atoms with Crippen molar-refractivity contribution < 1.29 is 31.1 Å². The summed E-state index contributed by atoms with van der Waals surface area (Å²) >= 11 is 0. The summed E-state index contributed by atoms with van der Waals surface area (Å²) in [7, 11) is -3.42. The van der Waals surface area contributed by atoms with Gasteiger partial charge in [0.25, 0.3) is 0 Å². The van der Waals surface area contributed by atoms with E-state index in [0.717, 1.165) is 78.3 Å². The third-order valence-corrected chi connectivity index (χ3v) is 22.2. The summed E-state index contributed by atoms with van der Waals surface area (Å²) in [5, 5.41) is 0. The van der Waals surface area contributed by atoms with Crippen molar-refractivity contribution in [2.45, 2.75) is 194 Å². The van der Waals surface area contributed by atoms with Crippen LogP contribution >= 0.6 is 0 Å². The van der Waals surface area contributed by atoms with Crippen LogP contribution in [0.4, 0.5) is 13.2 Å². The molecule has 0 N–H and O–H groups in total. The van der Waals surface area contributed by atoms with E-state index in [-0.39, 0.29) is 16.9 Å². The molecule has 11 aromatic rings. The first-order valence-corrected chi connectivity index (χ1v) is 36.4.